The van der Waals surface area contributed by atoms with Gasteiger partial charge < -0.3 is 15.5 Å². The summed E-state index contributed by atoms with van der Waals surface area (Å²) in [5.74, 6) is -1.92. The lowest BCUT2D eigenvalue weighted by Crippen LogP contribution is -2.39. The molecule has 0 spiro atoms. The molecule has 7 heteroatoms. The van der Waals surface area contributed by atoms with E-state index in [9.17, 15) is 14.7 Å². The second kappa shape index (κ2) is 7.03. The van der Waals surface area contributed by atoms with Gasteiger partial charge in [-0.25, -0.2) is 4.98 Å². The van der Waals surface area contributed by atoms with E-state index in [-0.39, 0.29) is 18.0 Å². The van der Waals surface area contributed by atoms with Gasteiger partial charge in [-0.15, -0.1) is 0 Å². The molecule has 0 fully saturated rings. The number of aliphatic carboxylic acids is 1. The van der Waals surface area contributed by atoms with Gasteiger partial charge in [0.05, 0.1) is 5.41 Å². The van der Waals surface area contributed by atoms with Crippen LogP contribution in [0.1, 0.15) is 24.3 Å². The fraction of sp³-hybridized carbons (Fsp3) is 0.200. The fourth-order valence-corrected chi connectivity index (χ4v) is 2.51. The standard InChI is InChI=1S/C20H19N3O4/c1-20(2,19(26)27)11-23-18(25)17-16(24)8-15(10-22-17)12-3-4-14-9-21-6-5-13(14)7-12/h3-10,24H,11H2,1-2H3,(H,23,25)(H,26,27). The lowest BCUT2D eigenvalue weighted by molar-refractivity contribution is -0.146. The highest BCUT2D eigenvalue weighted by Gasteiger charge is 2.28. The van der Waals surface area contributed by atoms with Crippen LogP contribution in [0.4, 0.5) is 0 Å². The predicted octanol–water partition coefficient (Wildman–Crippen LogP) is 2.84. The summed E-state index contributed by atoms with van der Waals surface area (Å²) in [5, 5.41) is 23.8. The predicted molar refractivity (Wildman–Crippen MR) is 100 cm³/mol. The van der Waals surface area contributed by atoms with Crippen molar-refractivity contribution in [2.24, 2.45) is 5.41 Å². The van der Waals surface area contributed by atoms with E-state index < -0.39 is 17.3 Å². The molecule has 3 N–H and O–H groups in total. The molecule has 0 saturated heterocycles. The molecule has 0 saturated carbocycles. The molecule has 3 aromatic rings. The summed E-state index contributed by atoms with van der Waals surface area (Å²) < 4.78 is 0. The third-order valence-corrected chi connectivity index (χ3v) is 4.33. The van der Waals surface area contributed by atoms with Gasteiger partial charge in [0.15, 0.2) is 5.69 Å². The summed E-state index contributed by atoms with van der Waals surface area (Å²) in [6, 6.07) is 9.10. The lowest BCUT2D eigenvalue weighted by atomic mass is 9.94. The van der Waals surface area contributed by atoms with Crippen molar-refractivity contribution in [2.75, 3.05) is 6.54 Å². The molecular weight excluding hydrogens is 346 g/mol. The van der Waals surface area contributed by atoms with Crippen molar-refractivity contribution in [1.82, 2.24) is 15.3 Å². The Labute approximate surface area is 155 Å². The van der Waals surface area contributed by atoms with Crippen LogP contribution in [-0.4, -0.2) is 38.6 Å². The number of nitrogens with one attached hydrogen (secondary N) is 1. The average molecular weight is 365 g/mol. The molecule has 2 heterocycles. The molecule has 0 aliphatic heterocycles. The van der Waals surface area contributed by atoms with Gasteiger partial charge in [0.2, 0.25) is 0 Å². The number of hydrogen-bond acceptors (Lipinski definition) is 5. The first-order valence-electron chi connectivity index (χ1n) is 8.33. The highest BCUT2D eigenvalue weighted by molar-refractivity contribution is 5.96. The SMILES string of the molecule is CC(C)(CNC(=O)c1ncc(-c2ccc3cnccc3c2)cc1O)C(=O)O. The van der Waals surface area contributed by atoms with Crippen molar-refractivity contribution in [1.29, 1.82) is 0 Å². The first-order valence-corrected chi connectivity index (χ1v) is 8.33. The van der Waals surface area contributed by atoms with Crippen LogP contribution in [0.3, 0.4) is 0 Å². The number of rotatable bonds is 5. The van der Waals surface area contributed by atoms with Crippen LogP contribution in [0.2, 0.25) is 0 Å². The molecule has 138 valence electrons. The first kappa shape index (κ1) is 18.3. The summed E-state index contributed by atoms with van der Waals surface area (Å²) in [4.78, 5) is 31.5. The van der Waals surface area contributed by atoms with Crippen molar-refractivity contribution < 1.29 is 19.8 Å². The number of pyridine rings is 2. The topological polar surface area (TPSA) is 112 Å². The van der Waals surface area contributed by atoms with E-state index in [0.29, 0.717) is 5.56 Å². The van der Waals surface area contributed by atoms with E-state index in [2.05, 4.69) is 15.3 Å². The number of aromatic hydroxyl groups is 1. The number of carbonyl (C=O) groups is 2. The summed E-state index contributed by atoms with van der Waals surface area (Å²) in [7, 11) is 0. The minimum absolute atomic E-state index is 0.0806. The van der Waals surface area contributed by atoms with Crippen LogP contribution in [0.5, 0.6) is 5.75 Å². The Bertz CT molecular complexity index is 1030. The number of fused-ring (bicyclic) bond motifs is 1. The lowest BCUT2D eigenvalue weighted by Gasteiger charge is -2.19. The largest absolute Gasteiger partial charge is 0.505 e. The van der Waals surface area contributed by atoms with Gasteiger partial charge in [0.1, 0.15) is 5.75 Å². The minimum atomic E-state index is -1.12. The number of benzene rings is 1. The molecule has 7 nitrogen and oxygen atoms in total. The van der Waals surface area contributed by atoms with Crippen LogP contribution in [0, 0.1) is 5.41 Å². The normalized spacial score (nSPS) is 11.3. The van der Waals surface area contributed by atoms with Crippen LogP contribution in [0.25, 0.3) is 21.9 Å². The van der Waals surface area contributed by atoms with Crippen LogP contribution in [0.15, 0.2) is 48.9 Å². The van der Waals surface area contributed by atoms with E-state index in [1.54, 1.807) is 12.4 Å². The molecule has 0 aliphatic rings. The minimum Gasteiger partial charge on any atom is -0.505 e. The number of hydrogen-bond donors (Lipinski definition) is 3. The van der Waals surface area contributed by atoms with E-state index in [4.69, 9.17) is 5.11 Å². The Kier molecular flexibility index (Phi) is 4.77. The molecule has 1 aromatic carbocycles. The van der Waals surface area contributed by atoms with Gasteiger partial charge in [-0.3, -0.25) is 14.6 Å². The summed E-state index contributed by atoms with van der Waals surface area (Å²) in [5.41, 5.74) is 0.236. The number of carboxylic acids is 1. The zero-order valence-corrected chi connectivity index (χ0v) is 14.9. The van der Waals surface area contributed by atoms with E-state index >= 15 is 0 Å². The van der Waals surface area contributed by atoms with Gasteiger partial charge in [-0.05, 0) is 43.0 Å². The number of amides is 1. The number of carbonyl (C=O) groups excluding carboxylic acids is 1. The Morgan fingerprint density at radius 3 is 2.56 bits per heavy atom. The molecule has 2 aromatic heterocycles. The van der Waals surface area contributed by atoms with Gasteiger partial charge >= 0.3 is 5.97 Å². The Balaban J connectivity index is 1.82. The molecule has 0 atom stereocenters. The molecule has 1 amide bonds. The summed E-state index contributed by atoms with van der Waals surface area (Å²) >= 11 is 0. The highest BCUT2D eigenvalue weighted by atomic mass is 16.4. The van der Waals surface area contributed by atoms with Crippen molar-refractivity contribution in [2.45, 2.75) is 13.8 Å². The molecular formula is C20H19N3O4. The van der Waals surface area contributed by atoms with E-state index in [1.807, 2.05) is 24.3 Å². The number of carboxylic acid groups (broad SMARTS) is 1. The van der Waals surface area contributed by atoms with Crippen LogP contribution < -0.4 is 5.32 Å². The molecule has 0 aliphatic carbocycles. The molecule has 0 radical (unpaired) electrons. The van der Waals surface area contributed by atoms with Crippen LogP contribution in [-0.2, 0) is 4.79 Å². The van der Waals surface area contributed by atoms with Crippen molar-refractivity contribution in [3.63, 3.8) is 0 Å². The molecule has 0 unspecified atom stereocenters. The zero-order chi connectivity index (χ0) is 19.6. The molecule has 27 heavy (non-hydrogen) atoms. The van der Waals surface area contributed by atoms with Crippen LogP contribution >= 0.6 is 0 Å². The Morgan fingerprint density at radius 2 is 1.85 bits per heavy atom. The second-order valence-electron chi connectivity index (χ2n) is 6.90. The van der Waals surface area contributed by atoms with Gasteiger partial charge in [-0.1, -0.05) is 12.1 Å². The molecule has 3 rings (SSSR count). The van der Waals surface area contributed by atoms with Crippen molar-refractivity contribution in [3.05, 3.63) is 54.6 Å². The monoisotopic (exact) mass is 365 g/mol. The van der Waals surface area contributed by atoms with Crippen molar-refractivity contribution in [3.8, 4) is 16.9 Å². The van der Waals surface area contributed by atoms with Gasteiger partial charge in [-0.2, -0.15) is 0 Å². The third-order valence-electron chi connectivity index (χ3n) is 4.33. The third kappa shape index (κ3) is 3.87. The average Bonchev–Trinajstić information content (AvgIpc) is 2.65. The quantitative estimate of drug-likeness (QED) is 0.641. The summed E-state index contributed by atoms with van der Waals surface area (Å²) in [6.45, 7) is 2.92. The maximum Gasteiger partial charge on any atom is 0.310 e. The highest BCUT2D eigenvalue weighted by Crippen LogP contribution is 2.27. The Morgan fingerprint density at radius 1 is 1.07 bits per heavy atom. The van der Waals surface area contributed by atoms with E-state index in [0.717, 1.165) is 16.3 Å². The number of nitrogens with zero attached hydrogens (tertiary/aromatic N) is 2. The Hall–Kier alpha value is -3.48. The first-order chi connectivity index (χ1) is 12.8. The van der Waals surface area contributed by atoms with E-state index in [1.165, 1.54) is 26.1 Å². The maximum absolute atomic E-state index is 12.2. The van der Waals surface area contributed by atoms with Crippen molar-refractivity contribution >= 4 is 22.6 Å². The zero-order valence-electron chi connectivity index (χ0n) is 14.9. The van der Waals surface area contributed by atoms with Gasteiger partial charge in [0.25, 0.3) is 5.91 Å². The van der Waals surface area contributed by atoms with Gasteiger partial charge in [0, 0.05) is 36.1 Å². The summed E-state index contributed by atoms with van der Waals surface area (Å²) in [6.07, 6.45) is 4.97. The molecule has 0 bridgehead atoms. The maximum atomic E-state index is 12.2. The fourth-order valence-electron chi connectivity index (χ4n) is 2.51. The smallest absolute Gasteiger partial charge is 0.310 e. The number of aromatic nitrogens is 2. The second-order valence-corrected chi connectivity index (χ2v) is 6.90.